The van der Waals surface area contributed by atoms with E-state index in [0.717, 1.165) is 10.2 Å². The Bertz CT molecular complexity index is 467. The van der Waals surface area contributed by atoms with Gasteiger partial charge in [0.15, 0.2) is 0 Å². The molecule has 1 heterocycles. The van der Waals surface area contributed by atoms with Crippen LogP contribution in [0.1, 0.15) is 0 Å². The third kappa shape index (κ3) is 1.76. The van der Waals surface area contributed by atoms with Crippen LogP contribution in [0, 0.1) is 0 Å². The summed E-state index contributed by atoms with van der Waals surface area (Å²) >= 11 is 9.10. The molecule has 0 bridgehead atoms. The summed E-state index contributed by atoms with van der Waals surface area (Å²) in [6.45, 7) is 0. The van der Waals surface area contributed by atoms with Crippen LogP contribution >= 0.6 is 27.5 Å². The number of hydrogen-bond acceptors (Lipinski definition) is 2. The van der Waals surface area contributed by atoms with E-state index in [9.17, 15) is 0 Å². The van der Waals surface area contributed by atoms with Crippen molar-refractivity contribution in [2.45, 2.75) is 0 Å². The Balaban J connectivity index is 2.52. The lowest BCUT2D eigenvalue weighted by molar-refractivity contribution is 0.883. The van der Waals surface area contributed by atoms with Crippen LogP contribution < -0.4 is 5.73 Å². The van der Waals surface area contributed by atoms with Crippen LogP contribution in [-0.2, 0) is 0 Å². The Morgan fingerprint density at radius 1 is 1.43 bits per heavy atom. The van der Waals surface area contributed by atoms with Gasteiger partial charge in [-0.2, -0.15) is 5.10 Å². The van der Waals surface area contributed by atoms with E-state index in [1.54, 1.807) is 17.1 Å². The number of nitrogens with two attached hydrogens (primary N) is 1. The molecule has 1 aromatic carbocycles. The van der Waals surface area contributed by atoms with E-state index in [-0.39, 0.29) is 0 Å². The zero-order chi connectivity index (χ0) is 10.1. The molecular weight excluding hydrogens is 265 g/mol. The van der Waals surface area contributed by atoms with Crippen LogP contribution in [0.3, 0.4) is 0 Å². The van der Waals surface area contributed by atoms with Crippen LogP contribution in [0.4, 0.5) is 5.69 Å². The highest BCUT2D eigenvalue weighted by atomic mass is 79.9. The molecule has 0 saturated heterocycles. The minimum Gasteiger partial charge on any atom is -0.397 e. The number of halogens is 2. The zero-order valence-corrected chi connectivity index (χ0v) is 9.46. The van der Waals surface area contributed by atoms with Crippen LogP contribution in [-0.4, -0.2) is 9.78 Å². The minimum absolute atomic E-state index is 0.590. The minimum atomic E-state index is 0.590. The van der Waals surface area contributed by atoms with Gasteiger partial charge in [-0.05, 0) is 18.2 Å². The summed E-state index contributed by atoms with van der Waals surface area (Å²) in [7, 11) is 0. The van der Waals surface area contributed by atoms with Gasteiger partial charge in [0.2, 0.25) is 0 Å². The summed E-state index contributed by atoms with van der Waals surface area (Å²) in [6, 6.07) is 5.61. The van der Waals surface area contributed by atoms with E-state index < -0.39 is 0 Å². The predicted octanol–water partition coefficient (Wildman–Crippen LogP) is 2.87. The molecular formula is C9H7BrClN3. The number of rotatable bonds is 1. The van der Waals surface area contributed by atoms with Gasteiger partial charge in [0, 0.05) is 10.7 Å². The number of anilines is 1. The Kier molecular flexibility index (Phi) is 2.48. The number of benzene rings is 1. The Labute approximate surface area is 94.6 Å². The maximum Gasteiger partial charge on any atom is 0.0876 e. The van der Waals surface area contributed by atoms with Crippen LogP contribution in [0.5, 0.6) is 0 Å². The highest BCUT2D eigenvalue weighted by Crippen LogP contribution is 2.22. The molecule has 5 heteroatoms. The normalized spacial score (nSPS) is 10.4. The largest absolute Gasteiger partial charge is 0.397 e. The Hall–Kier alpha value is -1.00. The molecule has 0 aliphatic carbocycles. The molecule has 2 aromatic rings. The summed E-state index contributed by atoms with van der Waals surface area (Å²) in [4.78, 5) is 0. The third-order valence-electron chi connectivity index (χ3n) is 1.79. The van der Waals surface area contributed by atoms with Crippen LogP contribution in [0.15, 0.2) is 35.1 Å². The lowest BCUT2D eigenvalue weighted by Crippen LogP contribution is -1.99. The van der Waals surface area contributed by atoms with Gasteiger partial charge in [-0.1, -0.05) is 27.5 Å². The van der Waals surface area contributed by atoms with Gasteiger partial charge in [0.1, 0.15) is 0 Å². The molecule has 2 N–H and O–H groups in total. The number of hydrogen-bond donors (Lipinski definition) is 1. The first-order valence-corrected chi connectivity index (χ1v) is 5.09. The van der Waals surface area contributed by atoms with Crippen molar-refractivity contribution in [3.63, 3.8) is 0 Å². The van der Waals surface area contributed by atoms with Gasteiger partial charge in [0.25, 0.3) is 0 Å². The summed E-state index contributed by atoms with van der Waals surface area (Å²) in [5.74, 6) is 0. The highest BCUT2D eigenvalue weighted by Gasteiger charge is 2.03. The van der Waals surface area contributed by atoms with E-state index in [4.69, 9.17) is 17.3 Å². The first-order chi connectivity index (χ1) is 6.66. The van der Waals surface area contributed by atoms with Crippen molar-refractivity contribution in [3.8, 4) is 5.69 Å². The first-order valence-electron chi connectivity index (χ1n) is 3.92. The molecule has 0 radical (unpaired) electrons. The maximum atomic E-state index is 5.83. The van der Waals surface area contributed by atoms with Crippen molar-refractivity contribution in [2.24, 2.45) is 0 Å². The second kappa shape index (κ2) is 3.63. The topological polar surface area (TPSA) is 43.8 Å². The molecule has 0 spiro atoms. The Morgan fingerprint density at radius 3 is 2.79 bits per heavy atom. The second-order valence-corrected chi connectivity index (χ2v) is 4.16. The average Bonchev–Trinajstić information content (AvgIpc) is 2.51. The van der Waals surface area contributed by atoms with Gasteiger partial charge in [-0.25, -0.2) is 4.68 Å². The molecule has 1 aromatic heterocycles. The summed E-state index contributed by atoms with van der Waals surface area (Å²) in [6.07, 6.45) is 3.28. The predicted molar refractivity (Wildman–Crippen MR) is 60.7 cm³/mol. The summed E-state index contributed by atoms with van der Waals surface area (Å²) < 4.78 is 2.58. The van der Waals surface area contributed by atoms with Gasteiger partial charge >= 0.3 is 0 Å². The monoisotopic (exact) mass is 271 g/mol. The van der Waals surface area contributed by atoms with Gasteiger partial charge in [0.05, 0.1) is 22.6 Å². The SMILES string of the molecule is Nc1cc(Br)ccc1-n1cc(Cl)cn1. The van der Waals surface area contributed by atoms with Crippen molar-refractivity contribution in [2.75, 3.05) is 5.73 Å². The fraction of sp³-hybridized carbons (Fsp3) is 0. The van der Waals surface area contributed by atoms with Crippen molar-refractivity contribution < 1.29 is 0 Å². The summed E-state index contributed by atoms with van der Waals surface area (Å²) in [5.41, 5.74) is 7.30. The lowest BCUT2D eigenvalue weighted by Gasteiger charge is -2.05. The first kappa shape index (κ1) is 9.55. The quantitative estimate of drug-likeness (QED) is 0.811. The third-order valence-corrected chi connectivity index (χ3v) is 2.48. The van der Waals surface area contributed by atoms with Gasteiger partial charge in [-0.3, -0.25) is 0 Å². The van der Waals surface area contributed by atoms with Crippen molar-refractivity contribution in [1.82, 2.24) is 9.78 Å². The molecule has 0 aliphatic heterocycles. The highest BCUT2D eigenvalue weighted by molar-refractivity contribution is 9.10. The fourth-order valence-corrected chi connectivity index (χ4v) is 1.68. The molecule has 14 heavy (non-hydrogen) atoms. The van der Waals surface area contributed by atoms with Gasteiger partial charge < -0.3 is 5.73 Å². The molecule has 0 unspecified atom stereocenters. The fourth-order valence-electron chi connectivity index (χ4n) is 1.17. The molecule has 0 atom stereocenters. The van der Waals surface area contributed by atoms with E-state index in [2.05, 4.69) is 21.0 Å². The van der Waals surface area contributed by atoms with Crippen LogP contribution in [0.2, 0.25) is 5.02 Å². The van der Waals surface area contributed by atoms with E-state index in [0.29, 0.717) is 10.7 Å². The van der Waals surface area contributed by atoms with E-state index in [1.807, 2.05) is 18.2 Å². The number of nitrogens with zero attached hydrogens (tertiary/aromatic N) is 2. The molecule has 0 saturated carbocycles. The van der Waals surface area contributed by atoms with E-state index >= 15 is 0 Å². The van der Waals surface area contributed by atoms with E-state index in [1.165, 1.54) is 0 Å². The molecule has 0 amide bonds. The van der Waals surface area contributed by atoms with Gasteiger partial charge in [-0.15, -0.1) is 0 Å². The zero-order valence-electron chi connectivity index (χ0n) is 7.11. The molecule has 72 valence electrons. The summed E-state index contributed by atoms with van der Waals surface area (Å²) in [5, 5.41) is 4.66. The average molecular weight is 273 g/mol. The van der Waals surface area contributed by atoms with Crippen molar-refractivity contribution in [1.29, 1.82) is 0 Å². The number of aromatic nitrogens is 2. The lowest BCUT2D eigenvalue weighted by atomic mass is 10.3. The molecule has 2 rings (SSSR count). The van der Waals surface area contributed by atoms with Crippen molar-refractivity contribution >= 4 is 33.2 Å². The molecule has 3 nitrogen and oxygen atoms in total. The molecule has 0 fully saturated rings. The molecule has 0 aliphatic rings. The standard InChI is InChI=1S/C9H7BrClN3/c10-6-1-2-9(8(12)3-6)14-5-7(11)4-13-14/h1-5H,12H2. The maximum absolute atomic E-state index is 5.83. The van der Waals surface area contributed by atoms with Crippen molar-refractivity contribution in [3.05, 3.63) is 40.1 Å². The number of nitrogen functional groups attached to an aromatic ring is 1. The smallest absolute Gasteiger partial charge is 0.0876 e. The Morgan fingerprint density at radius 2 is 2.21 bits per heavy atom. The second-order valence-electron chi connectivity index (χ2n) is 2.81. The van der Waals surface area contributed by atoms with Crippen LogP contribution in [0.25, 0.3) is 5.69 Å².